The first kappa shape index (κ1) is 11.6. The van der Waals surface area contributed by atoms with Gasteiger partial charge < -0.3 is 4.57 Å². The first-order valence-corrected chi connectivity index (χ1v) is 6.07. The SMILES string of the molecule is Cn1cnnc1C1CCN(C(C)(C)C)CC1. The smallest absolute Gasteiger partial charge is 0.135 e. The molecule has 4 heteroatoms. The van der Waals surface area contributed by atoms with Gasteiger partial charge in [-0.15, -0.1) is 10.2 Å². The normalized spacial score (nSPS) is 20.2. The van der Waals surface area contributed by atoms with Crippen LogP contribution in [0.5, 0.6) is 0 Å². The molecule has 0 amide bonds. The van der Waals surface area contributed by atoms with Crippen molar-refractivity contribution in [2.75, 3.05) is 13.1 Å². The molecule has 0 aliphatic carbocycles. The minimum Gasteiger partial charge on any atom is -0.320 e. The van der Waals surface area contributed by atoms with Gasteiger partial charge >= 0.3 is 0 Å². The maximum absolute atomic E-state index is 4.22. The minimum atomic E-state index is 0.296. The van der Waals surface area contributed by atoms with Crippen molar-refractivity contribution in [3.63, 3.8) is 0 Å². The highest BCUT2D eigenvalue weighted by Crippen LogP contribution is 2.29. The summed E-state index contributed by atoms with van der Waals surface area (Å²) in [5.41, 5.74) is 0.296. The third-order valence-corrected chi connectivity index (χ3v) is 3.56. The predicted molar refractivity (Wildman–Crippen MR) is 64.3 cm³/mol. The van der Waals surface area contributed by atoms with Crippen LogP contribution in [0.1, 0.15) is 45.4 Å². The Balaban J connectivity index is 1.98. The Kier molecular flexibility index (Phi) is 3.02. The van der Waals surface area contributed by atoms with Crippen LogP contribution in [-0.4, -0.2) is 38.3 Å². The molecule has 0 aromatic carbocycles. The molecular weight excluding hydrogens is 200 g/mol. The van der Waals surface area contributed by atoms with E-state index in [9.17, 15) is 0 Å². The Morgan fingerprint density at radius 3 is 2.31 bits per heavy atom. The summed E-state index contributed by atoms with van der Waals surface area (Å²) in [6.07, 6.45) is 4.19. The standard InChI is InChI=1S/C12H22N4/c1-12(2,3)16-7-5-10(6-8-16)11-14-13-9-15(11)4/h9-10H,5-8H2,1-4H3. The van der Waals surface area contributed by atoms with Crippen molar-refractivity contribution in [1.29, 1.82) is 0 Å². The largest absolute Gasteiger partial charge is 0.320 e. The quantitative estimate of drug-likeness (QED) is 0.726. The molecule has 2 rings (SSSR count). The molecule has 1 aromatic rings. The highest BCUT2D eigenvalue weighted by molar-refractivity contribution is 4.99. The second-order valence-corrected chi connectivity index (χ2v) is 5.73. The molecule has 0 bridgehead atoms. The van der Waals surface area contributed by atoms with E-state index in [4.69, 9.17) is 0 Å². The van der Waals surface area contributed by atoms with Crippen molar-refractivity contribution in [2.45, 2.75) is 45.1 Å². The molecule has 0 saturated carbocycles. The maximum Gasteiger partial charge on any atom is 0.135 e. The van der Waals surface area contributed by atoms with Crippen LogP contribution in [0.15, 0.2) is 6.33 Å². The van der Waals surface area contributed by atoms with Crippen molar-refractivity contribution in [1.82, 2.24) is 19.7 Å². The zero-order valence-corrected chi connectivity index (χ0v) is 10.8. The van der Waals surface area contributed by atoms with Gasteiger partial charge in [0.05, 0.1) is 0 Å². The van der Waals surface area contributed by atoms with Crippen LogP contribution in [0, 0.1) is 0 Å². The van der Waals surface area contributed by atoms with E-state index in [2.05, 4.69) is 40.4 Å². The number of aromatic nitrogens is 3. The average molecular weight is 222 g/mol. The van der Waals surface area contributed by atoms with Crippen molar-refractivity contribution < 1.29 is 0 Å². The fraction of sp³-hybridized carbons (Fsp3) is 0.833. The van der Waals surface area contributed by atoms with E-state index in [0.29, 0.717) is 11.5 Å². The van der Waals surface area contributed by atoms with E-state index < -0.39 is 0 Å². The number of hydrogen-bond donors (Lipinski definition) is 0. The van der Waals surface area contributed by atoms with Crippen LogP contribution in [0.2, 0.25) is 0 Å². The summed E-state index contributed by atoms with van der Waals surface area (Å²) in [5, 5.41) is 8.19. The Morgan fingerprint density at radius 2 is 1.88 bits per heavy atom. The van der Waals surface area contributed by atoms with E-state index in [1.54, 1.807) is 6.33 Å². The molecule has 0 unspecified atom stereocenters. The lowest BCUT2D eigenvalue weighted by atomic mass is 9.92. The van der Waals surface area contributed by atoms with Gasteiger partial charge in [0, 0.05) is 18.5 Å². The number of hydrogen-bond acceptors (Lipinski definition) is 3. The number of aryl methyl sites for hydroxylation is 1. The van der Waals surface area contributed by atoms with Crippen LogP contribution in [0.4, 0.5) is 0 Å². The molecule has 0 atom stereocenters. The van der Waals surface area contributed by atoms with Crippen molar-refractivity contribution >= 4 is 0 Å². The molecule has 16 heavy (non-hydrogen) atoms. The van der Waals surface area contributed by atoms with Crippen molar-refractivity contribution in [3.8, 4) is 0 Å². The van der Waals surface area contributed by atoms with Crippen LogP contribution in [-0.2, 0) is 7.05 Å². The summed E-state index contributed by atoms with van der Waals surface area (Å²) >= 11 is 0. The third kappa shape index (κ3) is 2.26. The molecule has 2 heterocycles. The number of likely N-dealkylation sites (tertiary alicyclic amines) is 1. The molecule has 0 radical (unpaired) electrons. The fourth-order valence-corrected chi connectivity index (χ4v) is 2.47. The van der Waals surface area contributed by atoms with Gasteiger partial charge in [-0.25, -0.2) is 0 Å². The van der Waals surface area contributed by atoms with Crippen molar-refractivity contribution in [3.05, 3.63) is 12.2 Å². The minimum absolute atomic E-state index is 0.296. The summed E-state index contributed by atoms with van der Waals surface area (Å²) in [6.45, 7) is 9.20. The third-order valence-electron chi connectivity index (χ3n) is 3.56. The zero-order chi connectivity index (χ0) is 11.8. The summed E-state index contributed by atoms with van der Waals surface area (Å²) in [6, 6.07) is 0. The van der Waals surface area contributed by atoms with Crippen molar-refractivity contribution in [2.24, 2.45) is 7.05 Å². The number of rotatable bonds is 1. The van der Waals surface area contributed by atoms with E-state index in [1.165, 1.54) is 25.9 Å². The highest BCUT2D eigenvalue weighted by atomic mass is 15.3. The fourth-order valence-electron chi connectivity index (χ4n) is 2.47. The van der Waals surface area contributed by atoms with Gasteiger partial charge in [-0.1, -0.05) is 0 Å². The molecular formula is C12H22N4. The van der Waals surface area contributed by atoms with Gasteiger partial charge in [0.15, 0.2) is 0 Å². The molecule has 4 nitrogen and oxygen atoms in total. The predicted octanol–water partition coefficient (Wildman–Crippen LogP) is 1.79. The van der Waals surface area contributed by atoms with Crippen LogP contribution < -0.4 is 0 Å². The van der Waals surface area contributed by atoms with E-state index >= 15 is 0 Å². The summed E-state index contributed by atoms with van der Waals surface area (Å²) < 4.78 is 2.05. The Hall–Kier alpha value is -0.900. The lowest BCUT2D eigenvalue weighted by molar-refractivity contribution is 0.100. The van der Waals surface area contributed by atoms with E-state index in [1.807, 2.05) is 7.05 Å². The average Bonchev–Trinajstić information content (AvgIpc) is 2.63. The lowest BCUT2D eigenvalue weighted by Crippen LogP contribution is -2.45. The Morgan fingerprint density at radius 1 is 1.25 bits per heavy atom. The second-order valence-electron chi connectivity index (χ2n) is 5.73. The topological polar surface area (TPSA) is 34.0 Å². The molecule has 1 fully saturated rings. The molecule has 0 N–H and O–H groups in total. The van der Waals surface area contributed by atoms with Gasteiger partial charge in [-0.2, -0.15) is 0 Å². The van der Waals surface area contributed by atoms with Gasteiger partial charge in [-0.05, 0) is 46.7 Å². The van der Waals surface area contributed by atoms with E-state index in [-0.39, 0.29) is 0 Å². The first-order chi connectivity index (χ1) is 7.48. The zero-order valence-electron chi connectivity index (χ0n) is 10.8. The lowest BCUT2D eigenvalue weighted by Gasteiger charge is -2.40. The molecule has 1 saturated heterocycles. The maximum atomic E-state index is 4.22. The Labute approximate surface area is 97.7 Å². The van der Waals surface area contributed by atoms with Gasteiger partial charge in [-0.3, -0.25) is 4.90 Å². The van der Waals surface area contributed by atoms with Crippen LogP contribution in [0.25, 0.3) is 0 Å². The Bertz CT molecular complexity index is 342. The molecule has 1 aromatic heterocycles. The number of nitrogens with zero attached hydrogens (tertiary/aromatic N) is 4. The van der Waals surface area contributed by atoms with E-state index in [0.717, 1.165) is 5.82 Å². The molecule has 90 valence electrons. The van der Waals surface area contributed by atoms with Gasteiger partial charge in [0.2, 0.25) is 0 Å². The molecule has 1 aliphatic rings. The van der Waals surface area contributed by atoms with Gasteiger partial charge in [0.1, 0.15) is 12.2 Å². The highest BCUT2D eigenvalue weighted by Gasteiger charge is 2.29. The molecule has 0 spiro atoms. The molecule has 1 aliphatic heterocycles. The van der Waals surface area contributed by atoms with Gasteiger partial charge in [0.25, 0.3) is 0 Å². The monoisotopic (exact) mass is 222 g/mol. The first-order valence-electron chi connectivity index (χ1n) is 6.07. The van der Waals surface area contributed by atoms with Crippen LogP contribution in [0.3, 0.4) is 0 Å². The summed E-state index contributed by atoms with van der Waals surface area (Å²) in [5.74, 6) is 1.74. The number of piperidine rings is 1. The second kappa shape index (κ2) is 4.17. The summed E-state index contributed by atoms with van der Waals surface area (Å²) in [7, 11) is 2.03. The summed E-state index contributed by atoms with van der Waals surface area (Å²) in [4.78, 5) is 2.56. The van der Waals surface area contributed by atoms with Crippen LogP contribution >= 0.6 is 0 Å².